The highest BCUT2D eigenvalue weighted by Gasteiger charge is 2.28. The van der Waals surface area contributed by atoms with Crippen molar-refractivity contribution in [2.75, 3.05) is 25.1 Å². The van der Waals surface area contributed by atoms with E-state index in [4.69, 9.17) is 0 Å². The van der Waals surface area contributed by atoms with E-state index in [0.717, 1.165) is 22.6 Å². The van der Waals surface area contributed by atoms with Gasteiger partial charge in [-0.25, -0.2) is 13.1 Å². The normalized spacial score (nSPS) is 18.0. The second-order valence-corrected chi connectivity index (χ2v) is 9.97. The number of carbonyl (C=O) groups excluding carboxylic acids is 1. The summed E-state index contributed by atoms with van der Waals surface area (Å²) in [5, 5.41) is 13.7. The van der Waals surface area contributed by atoms with E-state index in [0.29, 0.717) is 25.5 Å². The molecule has 1 fully saturated rings. The number of benzene rings is 1. The summed E-state index contributed by atoms with van der Waals surface area (Å²) in [5.74, 6) is 0.593. The number of aliphatic imine (C=N–C) groups is 1. The molecule has 1 atom stereocenters. The van der Waals surface area contributed by atoms with Crippen LogP contribution in [0.5, 0.6) is 0 Å². The summed E-state index contributed by atoms with van der Waals surface area (Å²) < 4.78 is 24.9. The molecule has 31 heavy (non-hydrogen) atoms. The first kappa shape index (κ1) is 22.8. The number of aromatic nitrogens is 2. The van der Waals surface area contributed by atoms with Crippen LogP contribution in [0.1, 0.15) is 29.8 Å². The summed E-state index contributed by atoms with van der Waals surface area (Å²) in [6.07, 6.45) is 0.721. The Bertz CT molecular complexity index is 1060. The molecule has 1 amide bonds. The highest BCUT2D eigenvalue weighted by atomic mass is 32.2. The largest absolute Gasteiger partial charge is 0.356 e. The Morgan fingerprint density at radius 1 is 1.26 bits per heavy atom. The van der Waals surface area contributed by atoms with Gasteiger partial charge in [0.1, 0.15) is 0 Å². The molecule has 0 aliphatic carbocycles. The lowest BCUT2D eigenvalue weighted by Gasteiger charge is -2.15. The molecule has 1 unspecified atom stereocenters. The van der Waals surface area contributed by atoms with Crippen LogP contribution in [0.4, 0.5) is 0 Å². The fourth-order valence-corrected chi connectivity index (χ4v) is 5.32. The third-order valence-electron chi connectivity index (χ3n) is 5.14. The van der Waals surface area contributed by atoms with E-state index in [1.807, 2.05) is 48.9 Å². The van der Waals surface area contributed by atoms with Gasteiger partial charge in [-0.3, -0.25) is 9.79 Å². The molecule has 1 aliphatic heterocycles. The number of aryl methyl sites for hydroxylation is 2. The SMILES string of the molecule is CN=C(NCCC(=O)NC1CCS(=O)(=O)C1)NCc1ccccc1-n1nc(C)cc1C. The Kier molecular flexibility index (Phi) is 7.32. The van der Waals surface area contributed by atoms with Gasteiger partial charge in [0.2, 0.25) is 5.91 Å². The van der Waals surface area contributed by atoms with Crippen LogP contribution in [-0.4, -0.2) is 61.2 Å². The van der Waals surface area contributed by atoms with Crippen molar-refractivity contribution in [3.63, 3.8) is 0 Å². The Morgan fingerprint density at radius 3 is 2.68 bits per heavy atom. The topological polar surface area (TPSA) is 117 Å². The van der Waals surface area contributed by atoms with Gasteiger partial charge >= 0.3 is 0 Å². The van der Waals surface area contributed by atoms with Crippen molar-refractivity contribution < 1.29 is 13.2 Å². The standard InChI is InChI=1S/C21H30N6O3S/c1-15-12-16(2)27(26-15)19-7-5-4-6-17(19)13-24-21(22-3)23-10-8-20(28)25-18-9-11-31(29,30)14-18/h4-7,12,18H,8-11,13-14H2,1-3H3,(H,25,28)(H2,22,23,24). The first-order valence-corrected chi connectivity index (χ1v) is 12.2. The van der Waals surface area contributed by atoms with E-state index in [1.54, 1.807) is 7.05 Å². The maximum absolute atomic E-state index is 12.1. The molecule has 9 nitrogen and oxygen atoms in total. The lowest BCUT2D eigenvalue weighted by Crippen LogP contribution is -2.41. The number of rotatable bonds is 7. The summed E-state index contributed by atoms with van der Waals surface area (Å²) >= 11 is 0. The number of nitrogens with zero attached hydrogens (tertiary/aromatic N) is 3. The first-order chi connectivity index (χ1) is 14.8. The maximum Gasteiger partial charge on any atom is 0.222 e. The van der Waals surface area contributed by atoms with E-state index in [2.05, 4.69) is 26.0 Å². The molecule has 2 aromatic rings. The number of amides is 1. The molecule has 0 spiro atoms. The molecule has 0 bridgehead atoms. The zero-order valence-corrected chi connectivity index (χ0v) is 19.0. The smallest absolute Gasteiger partial charge is 0.222 e. The number of sulfone groups is 1. The van der Waals surface area contributed by atoms with Crippen molar-refractivity contribution in [3.8, 4) is 5.69 Å². The highest BCUT2D eigenvalue weighted by Crippen LogP contribution is 2.17. The van der Waals surface area contributed by atoms with Crippen molar-refractivity contribution in [2.24, 2.45) is 4.99 Å². The Hall–Kier alpha value is -2.88. The van der Waals surface area contributed by atoms with E-state index in [1.165, 1.54) is 0 Å². The number of guanidine groups is 1. The number of hydrogen-bond donors (Lipinski definition) is 3. The van der Waals surface area contributed by atoms with Crippen LogP contribution in [0.2, 0.25) is 0 Å². The molecule has 1 aromatic heterocycles. The lowest BCUT2D eigenvalue weighted by atomic mass is 10.1. The van der Waals surface area contributed by atoms with Crippen LogP contribution >= 0.6 is 0 Å². The Morgan fingerprint density at radius 2 is 2.03 bits per heavy atom. The van der Waals surface area contributed by atoms with Gasteiger partial charge in [0.05, 0.1) is 22.9 Å². The fraction of sp³-hybridized carbons (Fsp3) is 0.476. The summed E-state index contributed by atoms with van der Waals surface area (Å²) in [6, 6.07) is 9.79. The van der Waals surface area contributed by atoms with Gasteiger partial charge in [0.25, 0.3) is 0 Å². The van der Waals surface area contributed by atoms with Gasteiger partial charge in [0.15, 0.2) is 15.8 Å². The van der Waals surface area contributed by atoms with Crippen LogP contribution < -0.4 is 16.0 Å². The van der Waals surface area contributed by atoms with Gasteiger partial charge in [0, 0.05) is 38.3 Å². The van der Waals surface area contributed by atoms with Crippen molar-refractivity contribution in [1.82, 2.24) is 25.7 Å². The summed E-state index contributed by atoms with van der Waals surface area (Å²) in [7, 11) is -1.33. The zero-order valence-electron chi connectivity index (χ0n) is 18.2. The van der Waals surface area contributed by atoms with Crippen LogP contribution in [-0.2, 0) is 21.2 Å². The molecule has 3 N–H and O–H groups in total. The predicted octanol–water partition coefficient (Wildman–Crippen LogP) is 0.848. The van der Waals surface area contributed by atoms with E-state index < -0.39 is 9.84 Å². The zero-order chi connectivity index (χ0) is 22.4. The molecular weight excluding hydrogens is 416 g/mol. The number of hydrogen-bond acceptors (Lipinski definition) is 5. The summed E-state index contributed by atoms with van der Waals surface area (Å²) in [4.78, 5) is 16.3. The second kappa shape index (κ2) is 9.95. The minimum Gasteiger partial charge on any atom is -0.356 e. The average Bonchev–Trinajstić information content (AvgIpc) is 3.24. The van der Waals surface area contributed by atoms with Gasteiger partial charge in [-0.2, -0.15) is 5.10 Å². The molecule has 0 radical (unpaired) electrons. The molecule has 1 aliphatic rings. The number of para-hydroxylation sites is 1. The van der Waals surface area contributed by atoms with E-state index >= 15 is 0 Å². The van der Waals surface area contributed by atoms with Crippen molar-refractivity contribution >= 4 is 21.7 Å². The van der Waals surface area contributed by atoms with Crippen molar-refractivity contribution in [1.29, 1.82) is 0 Å². The molecule has 10 heteroatoms. The number of carbonyl (C=O) groups is 1. The quantitative estimate of drug-likeness (QED) is 0.429. The summed E-state index contributed by atoms with van der Waals surface area (Å²) in [6.45, 7) is 4.93. The monoisotopic (exact) mass is 446 g/mol. The molecule has 168 valence electrons. The molecule has 1 aromatic carbocycles. The third-order valence-corrected chi connectivity index (χ3v) is 6.91. The van der Waals surface area contributed by atoms with Crippen LogP contribution in [0.15, 0.2) is 35.3 Å². The minimum absolute atomic E-state index is 0.0318. The second-order valence-electron chi connectivity index (χ2n) is 7.74. The van der Waals surface area contributed by atoms with Crippen LogP contribution in [0, 0.1) is 13.8 Å². The number of nitrogens with one attached hydrogen (secondary N) is 3. The molecular formula is C21H30N6O3S. The van der Waals surface area contributed by atoms with Gasteiger partial charge in [-0.1, -0.05) is 18.2 Å². The van der Waals surface area contributed by atoms with Crippen LogP contribution in [0.3, 0.4) is 0 Å². The Labute approximate surface area is 183 Å². The van der Waals surface area contributed by atoms with Crippen molar-refractivity contribution in [2.45, 2.75) is 39.3 Å². The summed E-state index contributed by atoms with van der Waals surface area (Å²) in [5.41, 5.74) is 4.10. The molecule has 3 rings (SSSR count). The van der Waals surface area contributed by atoms with E-state index in [9.17, 15) is 13.2 Å². The van der Waals surface area contributed by atoms with Gasteiger partial charge in [-0.15, -0.1) is 0 Å². The molecule has 1 saturated heterocycles. The van der Waals surface area contributed by atoms with Crippen LogP contribution in [0.25, 0.3) is 5.69 Å². The highest BCUT2D eigenvalue weighted by molar-refractivity contribution is 7.91. The fourth-order valence-electron chi connectivity index (χ4n) is 3.64. The average molecular weight is 447 g/mol. The van der Waals surface area contributed by atoms with Gasteiger partial charge in [-0.05, 0) is 38.0 Å². The maximum atomic E-state index is 12.1. The molecule has 2 heterocycles. The minimum atomic E-state index is -3.00. The first-order valence-electron chi connectivity index (χ1n) is 10.3. The van der Waals surface area contributed by atoms with E-state index in [-0.39, 0.29) is 29.9 Å². The molecule has 0 saturated carbocycles. The van der Waals surface area contributed by atoms with Crippen molar-refractivity contribution in [3.05, 3.63) is 47.3 Å². The Balaban J connectivity index is 1.49. The lowest BCUT2D eigenvalue weighted by molar-refractivity contribution is -0.121. The van der Waals surface area contributed by atoms with Gasteiger partial charge < -0.3 is 16.0 Å². The predicted molar refractivity (Wildman–Crippen MR) is 121 cm³/mol. The third kappa shape index (κ3) is 6.30.